The van der Waals surface area contributed by atoms with Crippen molar-refractivity contribution in [3.05, 3.63) is 64.9 Å². The summed E-state index contributed by atoms with van der Waals surface area (Å²) in [6, 6.07) is 10.1. The molecule has 5 nitrogen and oxygen atoms in total. The molecule has 3 rings (SSSR count). The van der Waals surface area contributed by atoms with Gasteiger partial charge in [0.1, 0.15) is 5.82 Å². The van der Waals surface area contributed by atoms with E-state index in [1.165, 1.54) is 12.3 Å². The maximum Gasteiger partial charge on any atom is 0.238 e. The number of hydrogen-bond donors (Lipinski definition) is 1. The summed E-state index contributed by atoms with van der Waals surface area (Å²) in [7, 11) is 0. The molecule has 1 saturated heterocycles. The molecule has 1 aliphatic rings. The number of nitrogens with one attached hydrogen (secondary N) is 1. The second-order valence-electron chi connectivity index (χ2n) is 6.53. The van der Waals surface area contributed by atoms with Crippen molar-refractivity contribution in [2.45, 2.75) is 25.7 Å². The lowest BCUT2D eigenvalue weighted by Crippen LogP contribution is -2.41. The lowest BCUT2D eigenvalue weighted by Gasteiger charge is -2.30. The average molecular weight is 343 g/mol. The van der Waals surface area contributed by atoms with E-state index < -0.39 is 5.82 Å². The van der Waals surface area contributed by atoms with Crippen LogP contribution in [0, 0.1) is 17.9 Å². The summed E-state index contributed by atoms with van der Waals surface area (Å²) in [6.07, 6.45) is 3.18. The van der Waals surface area contributed by atoms with Crippen molar-refractivity contribution in [2.24, 2.45) is 0 Å². The van der Waals surface area contributed by atoms with Crippen LogP contribution in [0.4, 0.5) is 10.1 Å². The van der Waals surface area contributed by atoms with Gasteiger partial charge >= 0.3 is 0 Å². The zero-order valence-corrected chi connectivity index (χ0v) is 14.2. The molecular weight excluding hydrogens is 321 g/mol. The summed E-state index contributed by atoms with van der Waals surface area (Å²) < 4.78 is 14.6. The van der Waals surface area contributed by atoms with E-state index in [4.69, 9.17) is 0 Å². The maximum absolute atomic E-state index is 13.7. The first-order chi connectivity index (χ1) is 12.0. The third-order valence-corrected chi connectivity index (χ3v) is 4.62. The summed E-state index contributed by atoms with van der Waals surface area (Å²) in [6.45, 7) is 3.56. The highest BCUT2D eigenvalue weighted by atomic mass is 19.1. The summed E-state index contributed by atoms with van der Waals surface area (Å²) in [5.74, 6) is -0.435. The number of piperidine rings is 1. The Balaban J connectivity index is 1.53. The topological polar surface area (TPSA) is 59.3 Å². The maximum atomic E-state index is 13.7. The number of aryl methyl sites for hydroxylation is 1. The van der Waals surface area contributed by atoms with Gasteiger partial charge in [0.25, 0.3) is 0 Å². The largest absolute Gasteiger partial charge is 0.618 e. The van der Waals surface area contributed by atoms with E-state index in [0.717, 1.165) is 41.9 Å². The van der Waals surface area contributed by atoms with Gasteiger partial charge < -0.3 is 10.5 Å². The van der Waals surface area contributed by atoms with Crippen molar-refractivity contribution in [1.82, 2.24) is 4.90 Å². The Morgan fingerprint density at radius 2 is 2.08 bits per heavy atom. The normalized spacial score (nSPS) is 15.9. The SMILES string of the molecule is Cc1ccc(F)c(NC(=O)CN2CCC(c3cccc[n+]3[O-])CC2)c1. The number of halogens is 1. The van der Waals surface area contributed by atoms with Crippen molar-refractivity contribution >= 4 is 11.6 Å². The van der Waals surface area contributed by atoms with Crippen LogP contribution in [-0.4, -0.2) is 30.4 Å². The number of rotatable bonds is 4. The first kappa shape index (κ1) is 17.4. The van der Waals surface area contributed by atoms with Gasteiger partial charge in [-0.2, -0.15) is 4.73 Å². The zero-order chi connectivity index (χ0) is 17.8. The predicted molar refractivity (Wildman–Crippen MR) is 93.6 cm³/mol. The number of amides is 1. The highest BCUT2D eigenvalue weighted by Gasteiger charge is 2.26. The Labute approximate surface area is 146 Å². The number of anilines is 1. The molecular formula is C19H22FN3O2. The minimum absolute atomic E-state index is 0.215. The molecule has 1 N–H and O–H groups in total. The number of carbonyl (C=O) groups excluding carboxylic acids is 1. The summed E-state index contributed by atoms with van der Waals surface area (Å²) in [5, 5.41) is 14.5. The van der Waals surface area contributed by atoms with Crippen LogP contribution < -0.4 is 10.0 Å². The van der Waals surface area contributed by atoms with Crippen molar-refractivity contribution in [3.8, 4) is 0 Å². The second kappa shape index (κ2) is 7.61. The van der Waals surface area contributed by atoms with Crippen LogP contribution in [0.15, 0.2) is 42.6 Å². The van der Waals surface area contributed by atoms with Crippen molar-refractivity contribution in [3.63, 3.8) is 0 Å². The Morgan fingerprint density at radius 1 is 1.32 bits per heavy atom. The monoisotopic (exact) mass is 343 g/mol. The van der Waals surface area contributed by atoms with E-state index in [0.29, 0.717) is 0 Å². The van der Waals surface area contributed by atoms with Gasteiger partial charge in [-0.25, -0.2) is 4.39 Å². The van der Waals surface area contributed by atoms with E-state index in [1.807, 2.05) is 24.0 Å². The third kappa shape index (κ3) is 4.33. The molecule has 0 spiro atoms. The first-order valence-corrected chi connectivity index (χ1v) is 8.49. The van der Waals surface area contributed by atoms with Gasteiger partial charge in [0.05, 0.1) is 12.2 Å². The Bertz CT molecular complexity index is 758. The molecule has 0 aliphatic carbocycles. The van der Waals surface area contributed by atoms with Gasteiger partial charge in [-0.1, -0.05) is 12.1 Å². The average Bonchev–Trinajstić information content (AvgIpc) is 2.59. The van der Waals surface area contributed by atoms with Gasteiger partial charge in [-0.05, 0) is 50.6 Å². The van der Waals surface area contributed by atoms with E-state index in [1.54, 1.807) is 18.2 Å². The number of aromatic nitrogens is 1. The smallest absolute Gasteiger partial charge is 0.238 e. The molecule has 132 valence electrons. The molecule has 0 saturated carbocycles. The fraction of sp³-hybridized carbons (Fsp3) is 0.368. The van der Waals surface area contributed by atoms with Crippen LogP contribution in [0.25, 0.3) is 0 Å². The van der Waals surface area contributed by atoms with Crippen LogP contribution in [0.3, 0.4) is 0 Å². The molecule has 1 fully saturated rings. The standard InChI is InChI=1S/C19H22FN3O2/c1-14-5-6-16(20)17(12-14)21-19(24)13-22-10-7-15(8-11-22)18-4-2-3-9-23(18)25/h2-6,9,12,15H,7-8,10-11,13H2,1H3,(H,21,24). The van der Waals surface area contributed by atoms with Gasteiger partial charge in [-0.15, -0.1) is 0 Å². The van der Waals surface area contributed by atoms with Gasteiger partial charge in [0.15, 0.2) is 11.9 Å². The van der Waals surface area contributed by atoms with Gasteiger partial charge in [0, 0.05) is 18.1 Å². The highest BCUT2D eigenvalue weighted by Crippen LogP contribution is 2.25. The first-order valence-electron chi connectivity index (χ1n) is 8.49. The molecule has 25 heavy (non-hydrogen) atoms. The highest BCUT2D eigenvalue weighted by molar-refractivity contribution is 5.92. The predicted octanol–water partition coefficient (Wildman–Crippen LogP) is 2.59. The molecule has 0 radical (unpaired) electrons. The number of carbonyl (C=O) groups is 1. The Kier molecular flexibility index (Phi) is 5.28. The molecule has 0 unspecified atom stereocenters. The number of benzene rings is 1. The Morgan fingerprint density at radius 3 is 2.80 bits per heavy atom. The van der Waals surface area contributed by atoms with Crippen LogP contribution in [-0.2, 0) is 4.79 Å². The molecule has 1 aromatic heterocycles. The molecule has 1 amide bonds. The zero-order valence-electron chi connectivity index (χ0n) is 14.2. The molecule has 1 aromatic carbocycles. The molecule has 0 bridgehead atoms. The minimum Gasteiger partial charge on any atom is -0.618 e. The summed E-state index contributed by atoms with van der Waals surface area (Å²) in [5.41, 5.74) is 1.90. The molecule has 2 heterocycles. The fourth-order valence-corrected chi connectivity index (χ4v) is 3.27. The van der Waals surface area contributed by atoms with Crippen molar-refractivity contribution in [1.29, 1.82) is 0 Å². The quantitative estimate of drug-likeness (QED) is 0.686. The summed E-state index contributed by atoms with van der Waals surface area (Å²) in [4.78, 5) is 14.2. The van der Waals surface area contributed by atoms with Gasteiger partial charge in [-0.3, -0.25) is 9.69 Å². The molecule has 0 atom stereocenters. The van der Waals surface area contributed by atoms with Crippen LogP contribution in [0.1, 0.15) is 30.0 Å². The van der Waals surface area contributed by atoms with Crippen LogP contribution >= 0.6 is 0 Å². The lowest BCUT2D eigenvalue weighted by molar-refractivity contribution is -0.616. The third-order valence-electron chi connectivity index (χ3n) is 4.62. The van der Waals surface area contributed by atoms with E-state index in [-0.39, 0.29) is 24.1 Å². The van der Waals surface area contributed by atoms with Crippen molar-refractivity contribution in [2.75, 3.05) is 25.0 Å². The second-order valence-corrected chi connectivity index (χ2v) is 6.53. The Hall–Kier alpha value is -2.47. The van der Waals surface area contributed by atoms with E-state index in [2.05, 4.69) is 5.32 Å². The van der Waals surface area contributed by atoms with Crippen LogP contribution in [0.2, 0.25) is 0 Å². The molecule has 6 heteroatoms. The number of nitrogens with zero attached hydrogens (tertiary/aromatic N) is 2. The van der Waals surface area contributed by atoms with Crippen LogP contribution in [0.5, 0.6) is 0 Å². The summed E-state index contributed by atoms with van der Waals surface area (Å²) >= 11 is 0. The number of hydrogen-bond acceptors (Lipinski definition) is 3. The fourth-order valence-electron chi connectivity index (χ4n) is 3.27. The van der Waals surface area contributed by atoms with Gasteiger partial charge in [0.2, 0.25) is 5.91 Å². The van der Waals surface area contributed by atoms with E-state index in [9.17, 15) is 14.4 Å². The van der Waals surface area contributed by atoms with E-state index >= 15 is 0 Å². The molecule has 1 aliphatic heterocycles. The number of pyridine rings is 1. The minimum atomic E-state index is -0.429. The van der Waals surface area contributed by atoms with Crippen molar-refractivity contribution < 1.29 is 13.9 Å². The number of likely N-dealkylation sites (tertiary alicyclic amines) is 1. The molecule has 2 aromatic rings. The lowest BCUT2D eigenvalue weighted by atomic mass is 9.93.